The molecular weight excluding hydrogens is 310 g/mol. The van der Waals surface area contributed by atoms with Gasteiger partial charge in [-0.15, -0.1) is 0 Å². The van der Waals surface area contributed by atoms with Gasteiger partial charge in [0, 0.05) is 36.1 Å². The van der Waals surface area contributed by atoms with Crippen molar-refractivity contribution in [1.82, 2.24) is 9.62 Å². The fourth-order valence-electron chi connectivity index (χ4n) is 3.15. The van der Waals surface area contributed by atoms with Gasteiger partial charge in [0.2, 0.25) is 10.0 Å². The first-order chi connectivity index (χ1) is 11.1. The Hall–Kier alpha value is -1.50. The third-order valence-electron chi connectivity index (χ3n) is 4.45. The van der Waals surface area contributed by atoms with Crippen LogP contribution in [0.1, 0.15) is 20.3 Å². The molecule has 2 heterocycles. The van der Waals surface area contributed by atoms with E-state index in [4.69, 9.17) is 0 Å². The van der Waals surface area contributed by atoms with Gasteiger partial charge in [0.1, 0.15) is 0 Å². The summed E-state index contributed by atoms with van der Waals surface area (Å²) >= 11 is 0. The van der Waals surface area contributed by atoms with Crippen LogP contribution in [-0.2, 0) is 10.0 Å². The summed E-state index contributed by atoms with van der Waals surface area (Å²) < 4.78 is 28.3. The molecule has 0 saturated carbocycles. The fraction of sp³-hybridized carbons (Fsp3) is 0.471. The van der Waals surface area contributed by atoms with E-state index in [2.05, 4.69) is 10.3 Å². The minimum atomic E-state index is -3.53. The second-order valence-corrected chi connectivity index (χ2v) is 7.89. The van der Waals surface area contributed by atoms with Gasteiger partial charge < -0.3 is 5.32 Å². The monoisotopic (exact) mass is 333 g/mol. The van der Waals surface area contributed by atoms with E-state index >= 15 is 0 Å². The molecule has 0 aromatic heterocycles. The molecule has 2 aliphatic heterocycles. The quantitative estimate of drug-likeness (QED) is 0.835. The Kier molecular flexibility index (Phi) is 4.66. The lowest BCUT2D eigenvalue weighted by Gasteiger charge is -2.26. The Labute approximate surface area is 137 Å². The van der Waals surface area contributed by atoms with E-state index in [1.807, 2.05) is 32.1 Å². The molecule has 1 unspecified atom stereocenters. The first-order valence-electron chi connectivity index (χ1n) is 8.06. The molecule has 0 radical (unpaired) electrons. The molecule has 0 spiro atoms. The maximum atomic E-state index is 13.3. The molecule has 23 heavy (non-hydrogen) atoms. The third kappa shape index (κ3) is 2.98. The molecule has 124 valence electrons. The van der Waals surface area contributed by atoms with Crippen LogP contribution in [0.15, 0.2) is 28.1 Å². The van der Waals surface area contributed by atoms with Crippen molar-refractivity contribution in [2.24, 2.45) is 4.99 Å². The smallest absolute Gasteiger partial charge is 0.243 e. The summed E-state index contributed by atoms with van der Waals surface area (Å²) in [5.41, 5.74) is 0.998. The standard InChI is InChI=1S/C17H23N3O2S/c1-3-14-6-4-7-16(17(14)15-11-19-12-15)23(21,22)20-9-5-8-18-10-13(20)2/h3-4,6-7,11,13,18H,5,8-10,12H2,1-2H3/b14-3-,17-15-. The van der Waals surface area contributed by atoms with Gasteiger partial charge in [-0.2, -0.15) is 4.31 Å². The Balaban J connectivity index is 2.21. The first kappa shape index (κ1) is 16.4. The van der Waals surface area contributed by atoms with E-state index in [0.29, 0.717) is 24.5 Å². The summed E-state index contributed by atoms with van der Waals surface area (Å²) in [6.45, 7) is 6.58. The fourth-order valence-corrected chi connectivity index (χ4v) is 5.08. The number of nitrogens with zero attached hydrogens (tertiary/aromatic N) is 2. The van der Waals surface area contributed by atoms with E-state index in [1.54, 1.807) is 16.6 Å². The minimum Gasteiger partial charge on any atom is -0.315 e. The average molecular weight is 333 g/mol. The van der Waals surface area contributed by atoms with E-state index in [1.165, 1.54) is 0 Å². The lowest BCUT2D eigenvalue weighted by molar-refractivity contribution is 0.353. The summed E-state index contributed by atoms with van der Waals surface area (Å²) in [5.74, 6) is 0. The van der Waals surface area contributed by atoms with Crippen molar-refractivity contribution in [3.63, 3.8) is 0 Å². The van der Waals surface area contributed by atoms with Gasteiger partial charge >= 0.3 is 0 Å². The van der Waals surface area contributed by atoms with Crippen molar-refractivity contribution in [2.75, 3.05) is 26.2 Å². The van der Waals surface area contributed by atoms with Crippen LogP contribution in [0.2, 0.25) is 0 Å². The van der Waals surface area contributed by atoms with Crippen molar-refractivity contribution in [2.45, 2.75) is 31.2 Å². The Morgan fingerprint density at radius 2 is 2.17 bits per heavy atom. The molecular formula is C17H23N3O2S. The van der Waals surface area contributed by atoms with Crippen LogP contribution in [0.25, 0.3) is 11.6 Å². The molecule has 1 aromatic carbocycles. The Morgan fingerprint density at radius 1 is 1.39 bits per heavy atom. The van der Waals surface area contributed by atoms with Crippen molar-refractivity contribution in [3.8, 4) is 0 Å². The highest BCUT2D eigenvalue weighted by Gasteiger charge is 2.31. The predicted octanol–water partition coefficient (Wildman–Crippen LogP) is 0.0946. The molecule has 0 bridgehead atoms. The highest BCUT2D eigenvalue weighted by atomic mass is 32.2. The van der Waals surface area contributed by atoms with E-state index in [0.717, 1.165) is 29.0 Å². The van der Waals surface area contributed by atoms with E-state index in [-0.39, 0.29) is 6.04 Å². The number of hydrogen-bond donors (Lipinski definition) is 1. The second kappa shape index (κ2) is 6.55. The predicted molar refractivity (Wildman–Crippen MR) is 93.4 cm³/mol. The summed E-state index contributed by atoms with van der Waals surface area (Å²) in [6, 6.07) is 5.45. The summed E-state index contributed by atoms with van der Waals surface area (Å²) in [7, 11) is -3.53. The normalized spacial score (nSPS) is 26.0. The van der Waals surface area contributed by atoms with Gasteiger partial charge in [0.15, 0.2) is 0 Å². The number of hydrogen-bond acceptors (Lipinski definition) is 4. The Morgan fingerprint density at radius 3 is 2.83 bits per heavy atom. The molecule has 1 fully saturated rings. The average Bonchev–Trinajstić information content (AvgIpc) is 2.70. The van der Waals surface area contributed by atoms with Crippen molar-refractivity contribution in [1.29, 1.82) is 0 Å². The molecule has 2 aliphatic rings. The van der Waals surface area contributed by atoms with Gasteiger partial charge in [-0.1, -0.05) is 18.2 Å². The summed E-state index contributed by atoms with van der Waals surface area (Å²) in [4.78, 5) is 4.53. The zero-order valence-corrected chi connectivity index (χ0v) is 14.4. The number of benzene rings is 1. The second-order valence-electron chi connectivity index (χ2n) is 6.03. The molecule has 3 rings (SSSR count). The van der Waals surface area contributed by atoms with Crippen LogP contribution in [0, 0.1) is 0 Å². The van der Waals surface area contributed by atoms with Gasteiger partial charge in [0.05, 0.1) is 11.4 Å². The minimum absolute atomic E-state index is 0.0512. The van der Waals surface area contributed by atoms with Gasteiger partial charge in [0.25, 0.3) is 0 Å². The highest BCUT2D eigenvalue weighted by molar-refractivity contribution is 7.89. The van der Waals surface area contributed by atoms with Gasteiger partial charge in [-0.25, -0.2) is 8.42 Å². The van der Waals surface area contributed by atoms with Crippen molar-refractivity contribution < 1.29 is 8.42 Å². The SMILES string of the molecule is C/C=c1/cccc(S(=O)(=O)N2CCCNCC2C)/c1=C1/C=NC1. The van der Waals surface area contributed by atoms with Crippen LogP contribution >= 0.6 is 0 Å². The molecule has 1 N–H and O–H groups in total. The van der Waals surface area contributed by atoms with Crippen molar-refractivity contribution in [3.05, 3.63) is 28.6 Å². The third-order valence-corrected chi connectivity index (χ3v) is 6.51. The number of sulfonamides is 1. The molecule has 1 atom stereocenters. The zero-order chi connectivity index (χ0) is 16.4. The lowest BCUT2D eigenvalue weighted by atomic mass is 10.1. The molecule has 1 saturated heterocycles. The maximum Gasteiger partial charge on any atom is 0.243 e. The van der Waals surface area contributed by atoms with Crippen LogP contribution < -0.4 is 15.8 Å². The summed E-state index contributed by atoms with van der Waals surface area (Å²) in [6.07, 6.45) is 4.56. The molecule has 6 heteroatoms. The van der Waals surface area contributed by atoms with E-state index in [9.17, 15) is 8.42 Å². The molecule has 0 amide bonds. The van der Waals surface area contributed by atoms with Crippen LogP contribution in [0.5, 0.6) is 0 Å². The molecule has 5 nitrogen and oxygen atoms in total. The summed E-state index contributed by atoms with van der Waals surface area (Å²) in [5, 5.41) is 5.06. The topological polar surface area (TPSA) is 61.8 Å². The number of aliphatic imine (C=N–C) groups is 1. The molecule has 0 aliphatic carbocycles. The molecule has 1 aromatic rings. The van der Waals surface area contributed by atoms with Crippen molar-refractivity contribution >= 4 is 27.9 Å². The van der Waals surface area contributed by atoms with Crippen LogP contribution in [0.4, 0.5) is 0 Å². The first-order valence-corrected chi connectivity index (χ1v) is 9.50. The number of rotatable bonds is 2. The van der Waals surface area contributed by atoms with Gasteiger partial charge in [-0.3, -0.25) is 4.99 Å². The van der Waals surface area contributed by atoms with E-state index < -0.39 is 10.0 Å². The maximum absolute atomic E-state index is 13.3. The Bertz CT molecular complexity index is 843. The zero-order valence-electron chi connectivity index (χ0n) is 13.6. The van der Waals surface area contributed by atoms with Gasteiger partial charge in [-0.05, 0) is 38.1 Å². The van der Waals surface area contributed by atoms with Crippen LogP contribution in [-0.4, -0.2) is 51.2 Å². The number of nitrogens with one attached hydrogen (secondary N) is 1. The van der Waals surface area contributed by atoms with Crippen LogP contribution in [0.3, 0.4) is 0 Å². The lowest BCUT2D eigenvalue weighted by Crippen LogP contribution is -2.45. The highest BCUT2D eigenvalue weighted by Crippen LogP contribution is 2.17. The largest absolute Gasteiger partial charge is 0.315 e.